The molecule has 2 aromatic carbocycles. The molecule has 0 aliphatic rings. The van der Waals surface area contributed by atoms with Crippen molar-refractivity contribution in [2.24, 2.45) is 0 Å². The van der Waals surface area contributed by atoms with Gasteiger partial charge in [-0.1, -0.05) is 48.0 Å². The van der Waals surface area contributed by atoms with Crippen molar-refractivity contribution in [3.05, 3.63) is 71.5 Å². The van der Waals surface area contributed by atoms with Crippen LogP contribution in [0.25, 0.3) is 20.7 Å². The van der Waals surface area contributed by atoms with E-state index >= 15 is 0 Å². The minimum absolute atomic E-state index is 0.0622. The van der Waals surface area contributed by atoms with Crippen LogP contribution >= 0.6 is 22.9 Å². The van der Waals surface area contributed by atoms with E-state index in [-0.39, 0.29) is 5.91 Å². The number of nitrogens with one attached hydrogen (secondary N) is 1. The predicted molar refractivity (Wildman–Crippen MR) is 126 cm³/mol. The molecule has 2 heterocycles. The Balaban J connectivity index is 1.48. The number of amides is 1. The van der Waals surface area contributed by atoms with Crippen LogP contribution in [0.2, 0.25) is 5.02 Å². The van der Waals surface area contributed by atoms with Crippen LogP contribution in [0.15, 0.2) is 60.9 Å². The van der Waals surface area contributed by atoms with E-state index in [0.717, 1.165) is 37.7 Å². The molecule has 0 saturated carbocycles. The van der Waals surface area contributed by atoms with E-state index in [1.807, 2.05) is 49.2 Å². The first-order chi connectivity index (χ1) is 14.5. The second-order valence-electron chi connectivity index (χ2n) is 7.07. The maximum atomic E-state index is 12.5. The summed E-state index contributed by atoms with van der Waals surface area (Å²) in [4.78, 5) is 25.4. The molecule has 0 aliphatic carbocycles. The Labute approximate surface area is 184 Å². The molecule has 0 bridgehead atoms. The number of hydrogen-bond acceptors (Lipinski definition) is 5. The molecule has 5 nitrogen and oxygen atoms in total. The second kappa shape index (κ2) is 8.81. The standard InChI is InChI=1S/C23H21ClN4OS/c1-15-8-9-17(24)12-19(15)27-21(29)10-11-28(2)22-18-13-20(16-6-4-3-5-7-16)30-23(18)26-14-25-22/h3-9,12-14H,10-11H2,1-2H3,(H,27,29). The number of aromatic nitrogens is 2. The predicted octanol–water partition coefficient (Wildman–Crippen LogP) is 5.79. The van der Waals surface area contributed by atoms with E-state index in [2.05, 4.69) is 33.5 Å². The Morgan fingerprint density at radius 1 is 1.13 bits per heavy atom. The van der Waals surface area contributed by atoms with Gasteiger partial charge in [-0.15, -0.1) is 11.3 Å². The van der Waals surface area contributed by atoms with Gasteiger partial charge < -0.3 is 10.2 Å². The van der Waals surface area contributed by atoms with E-state index in [4.69, 9.17) is 11.6 Å². The summed E-state index contributed by atoms with van der Waals surface area (Å²) in [6.07, 6.45) is 1.92. The summed E-state index contributed by atoms with van der Waals surface area (Å²) in [6, 6.07) is 17.8. The van der Waals surface area contributed by atoms with Crippen LogP contribution < -0.4 is 10.2 Å². The lowest BCUT2D eigenvalue weighted by Gasteiger charge is -2.18. The van der Waals surface area contributed by atoms with E-state index in [9.17, 15) is 4.79 Å². The van der Waals surface area contributed by atoms with Crippen molar-refractivity contribution in [3.8, 4) is 10.4 Å². The third kappa shape index (κ3) is 4.45. The maximum absolute atomic E-state index is 12.5. The highest BCUT2D eigenvalue weighted by Gasteiger charge is 2.14. The highest BCUT2D eigenvalue weighted by atomic mass is 35.5. The van der Waals surface area contributed by atoms with Crippen LogP contribution in [0.1, 0.15) is 12.0 Å². The van der Waals surface area contributed by atoms with Crippen LogP contribution in [0.5, 0.6) is 0 Å². The molecule has 0 atom stereocenters. The number of nitrogens with zero attached hydrogens (tertiary/aromatic N) is 3. The van der Waals surface area contributed by atoms with E-state index in [1.165, 1.54) is 0 Å². The summed E-state index contributed by atoms with van der Waals surface area (Å²) >= 11 is 7.68. The van der Waals surface area contributed by atoms with Crippen LogP contribution in [0.4, 0.5) is 11.5 Å². The Morgan fingerprint density at radius 2 is 1.93 bits per heavy atom. The summed E-state index contributed by atoms with van der Waals surface area (Å²) < 4.78 is 0. The van der Waals surface area contributed by atoms with Gasteiger partial charge >= 0.3 is 0 Å². The lowest BCUT2D eigenvalue weighted by Crippen LogP contribution is -2.25. The number of anilines is 2. The average Bonchev–Trinajstić information content (AvgIpc) is 3.20. The van der Waals surface area contributed by atoms with E-state index in [0.29, 0.717) is 18.0 Å². The van der Waals surface area contributed by atoms with Crippen molar-refractivity contribution in [1.82, 2.24) is 9.97 Å². The number of carbonyl (C=O) groups is 1. The quantitative estimate of drug-likeness (QED) is 0.416. The Hall–Kier alpha value is -2.96. The molecule has 0 saturated heterocycles. The van der Waals surface area contributed by atoms with Crippen molar-refractivity contribution >= 4 is 50.6 Å². The van der Waals surface area contributed by atoms with Crippen molar-refractivity contribution in [1.29, 1.82) is 0 Å². The second-order valence-corrected chi connectivity index (χ2v) is 8.54. The summed E-state index contributed by atoms with van der Waals surface area (Å²) in [7, 11) is 1.94. The van der Waals surface area contributed by atoms with Crippen molar-refractivity contribution in [3.63, 3.8) is 0 Å². The highest BCUT2D eigenvalue weighted by Crippen LogP contribution is 2.35. The molecule has 4 rings (SSSR count). The molecule has 0 radical (unpaired) electrons. The molecule has 0 unspecified atom stereocenters. The van der Waals surface area contributed by atoms with Crippen LogP contribution in [0, 0.1) is 6.92 Å². The molecule has 2 aromatic heterocycles. The van der Waals surface area contributed by atoms with Crippen LogP contribution in [-0.2, 0) is 4.79 Å². The van der Waals surface area contributed by atoms with E-state index < -0.39 is 0 Å². The fourth-order valence-corrected chi connectivity index (χ4v) is 4.38. The summed E-state index contributed by atoms with van der Waals surface area (Å²) in [5, 5.41) is 4.54. The van der Waals surface area contributed by atoms with Gasteiger partial charge in [-0.05, 0) is 36.2 Å². The number of halogens is 1. The summed E-state index contributed by atoms with van der Waals surface area (Å²) in [6.45, 7) is 2.48. The number of aryl methyl sites for hydroxylation is 1. The lowest BCUT2D eigenvalue weighted by atomic mass is 10.2. The van der Waals surface area contributed by atoms with Gasteiger partial charge in [0.15, 0.2) is 0 Å². The molecule has 1 N–H and O–H groups in total. The Bertz CT molecular complexity index is 1190. The molecule has 0 spiro atoms. The number of benzene rings is 2. The Morgan fingerprint density at radius 3 is 2.73 bits per heavy atom. The lowest BCUT2D eigenvalue weighted by molar-refractivity contribution is -0.116. The monoisotopic (exact) mass is 436 g/mol. The molecule has 7 heteroatoms. The third-order valence-corrected chi connectivity index (χ3v) is 6.20. The topological polar surface area (TPSA) is 58.1 Å². The van der Waals surface area contributed by atoms with Gasteiger partial charge in [-0.2, -0.15) is 0 Å². The van der Waals surface area contributed by atoms with Gasteiger partial charge in [0.1, 0.15) is 17.0 Å². The summed E-state index contributed by atoms with van der Waals surface area (Å²) in [5.41, 5.74) is 2.88. The molecular weight excluding hydrogens is 416 g/mol. The van der Waals surface area contributed by atoms with Crippen molar-refractivity contribution in [2.75, 3.05) is 23.8 Å². The Kier molecular flexibility index (Phi) is 5.97. The zero-order valence-electron chi connectivity index (χ0n) is 16.7. The maximum Gasteiger partial charge on any atom is 0.226 e. The fourth-order valence-electron chi connectivity index (χ4n) is 3.21. The molecule has 4 aromatic rings. The first-order valence-electron chi connectivity index (χ1n) is 9.58. The zero-order chi connectivity index (χ0) is 21.1. The smallest absolute Gasteiger partial charge is 0.226 e. The third-order valence-electron chi connectivity index (χ3n) is 4.88. The van der Waals surface area contributed by atoms with Gasteiger partial charge in [0.05, 0.1) is 5.39 Å². The van der Waals surface area contributed by atoms with Crippen LogP contribution in [0.3, 0.4) is 0 Å². The first-order valence-corrected chi connectivity index (χ1v) is 10.8. The minimum atomic E-state index is -0.0622. The fraction of sp³-hybridized carbons (Fsp3) is 0.174. The van der Waals surface area contributed by atoms with Crippen LogP contribution in [-0.4, -0.2) is 29.5 Å². The number of thiophene rings is 1. The largest absolute Gasteiger partial charge is 0.359 e. The van der Waals surface area contributed by atoms with Gasteiger partial charge in [-0.3, -0.25) is 4.79 Å². The van der Waals surface area contributed by atoms with Gasteiger partial charge in [0.2, 0.25) is 5.91 Å². The van der Waals surface area contributed by atoms with Crippen molar-refractivity contribution in [2.45, 2.75) is 13.3 Å². The normalized spacial score (nSPS) is 10.9. The minimum Gasteiger partial charge on any atom is -0.359 e. The molecule has 0 fully saturated rings. The number of rotatable bonds is 6. The van der Waals surface area contributed by atoms with Gasteiger partial charge in [-0.25, -0.2) is 9.97 Å². The van der Waals surface area contributed by atoms with Gasteiger partial charge in [0.25, 0.3) is 0 Å². The summed E-state index contributed by atoms with van der Waals surface area (Å²) in [5.74, 6) is 0.762. The average molecular weight is 437 g/mol. The highest BCUT2D eigenvalue weighted by molar-refractivity contribution is 7.21. The molecular formula is C23H21ClN4OS. The van der Waals surface area contributed by atoms with Gasteiger partial charge in [0, 0.05) is 35.6 Å². The van der Waals surface area contributed by atoms with Crippen molar-refractivity contribution < 1.29 is 4.79 Å². The SMILES string of the molecule is Cc1ccc(Cl)cc1NC(=O)CCN(C)c1ncnc2sc(-c3ccccc3)cc12. The first kappa shape index (κ1) is 20.3. The van der Waals surface area contributed by atoms with E-state index in [1.54, 1.807) is 23.7 Å². The molecule has 1 amide bonds. The number of hydrogen-bond donors (Lipinski definition) is 1. The molecule has 30 heavy (non-hydrogen) atoms. The zero-order valence-corrected chi connectivity index (χ0v) is 18.3. The number of fused-ring (bicyclic) bond motifs is 1. The number of carbonyl (C=O) groups excluding carboxylic acids is 1. The molecule has 0 aliphatic heterocycles. The molecule has 152 valence electrons.